The number of rotatable bonds is 12. The molecule has 0 aromatic carbocycles. The molecule has 0 amide bonds. The smallest absolute Gasteiger partial charge is 0.146 e. The first-order valence-corrected chi connectivity index (χ1v) is 12.4. The topological polar surface area (TPSA) is 98.5 Å². The summed E-state index contributed by atoms with van der Waals surface area (Å²) in [4.78, 5) is 15.6. The molecular formula is C28H39N7O. The zero-order chi connectivity index (χ0) is 26.0. The number of allylic oxidation sites excluding steroid dienone is 3. The Morgan fingerprint density at radius 2 is 2.06 bits per heavy atom. The number of anilines is 2. The van der Waals surface area contributed by atoms with E-state index in [4.69, 9.17) is 4.74 Å². The van der Waals surface area contributed by atoms with Crippen LogP contribution in [0.3, 0.4) is 0 Å². The Morgan fingerprint density at radius 1 is 1.28 bits per heavy atom. The largest absolute Gasteiger partial charge is 0.383 e. The first-order chi connectivity index (χ1) is 17.6. The Bertz CT molecular complexity index is 1020. The maximum absolute atomic E-state index is 9.54. The molecule has 0 unspecified atom stereocenters. The molecule has 192 valence electrons. The van der Waals surface area contributed by atoms with Crippen LogP contribution in [0, 0.1) is 11.3 Å². The minimum atomic E-state index is 0.451. The summed E-state index contributed by atoms with van der Waals surface area (Å²) in [5, 5.41) is 16.0. The average Bonchev–Trinajstić information content (AvgIpc) is 3.46. The van der Waals surface area contributed by atoms with Crippen LogP contribution in [-0.4, -0.2) is 56.2 Å². The number of aromatic nitrogens is 2. The average molecular weight is 490 g/mol. The zero-order valence-electron chi connectivity index (χ0n) is 21.8. The van der Waals surface area contributed by atoms with E-state index in [1.165, 1.54) is 0 Å². The second-order valence-electron chi connectivity index (χ2n) is 8.32. The monoisotopic (exact) mass is 489 g/mol. The van der Waals surface area contributed by atoms with Gasteiger partial charge in [0.2, 0.25) is 0 Å². The van der Waals surface area contributed by atoms with E-state index in [2.05, 4.69) is 50.1 Å². The van der Waals surface area contributed by atoms with Crippen molar-refractivity contribution in [2.75, 3.05) is 50.2 Å². The van der Waals surface area contributed by atoms with Crippen molar-refractivity contribution < 1.29 is 4.74 Å². The highest BCUT2D eigenvalue weighted by Gasteiger charge is 2.17. The Balaban J connectivity index is 0.00000106. The minimum Gasteiger partial charge on any atom is -0.383 e. The third kappa shape index (κ3) is 9.98. The number of pyridine rings is 2. The molecule has 0 spiro atoms. The van der Waals surface area contributed by atoms with Gasteiger partial charge < -0.3 is 20.3 Å². The van der Waals surface area contributed by atoms with Crippen molar-refractivity contribution in [1.29, 1.82) is 5.26 Å². The molecule has 0 atom stereocenters. The molecule has 3 rings (SSSR count). The summed E-state index contributed by atoms with van der Waals surface area (Å²) in [5.41, 5.74) is 4.47. The van der Waals surface area contributed by atoms with E-state index in [1.54, 1.807) is 19.5 Å². The number of methoxy groups -OCH3 is 1. The fraction of sp³-hybridized carbons (Fsp3) is 0.429. The fourth-order valence-corrected chi connectivity index (χ4v) is 3.41. The molecule has 2 aromatic rings. The predicted octanol–water partition coefficient (Wildman–Crippen LogP) is 4.81. The molecule has 2 aromatic heterocycles. The maximum Gasteiger partial charge on any atom is 0.146 e. The van der Waals surface area contributed by atoms with Gasteiger partial charge in [0.15, 0.2) is 0 Å². The first-order valence-electron chi connectivity index (χ1n) is 12.4. The zero-order valence-corrected chi connectivity index (χ0v) is 21.8. The lowest BCUT2D eigenvalue weighted by molar-refractivity contribution is 0.199. The molecule has 36 heavy (non-hydrogen) atoms. The Labute approximate surface area is 215 Å². The molecule has 2 N–H and O–H groups in total. The van der Waals surface area contributed by atoms with Crippen LogP contribution in [0.4, 0.5) is 11.5 Å². The van der Waals surface area contributed by atoms with E-state index in [1.807, 2.05) is 43.5 Å². The van der Waals surface area contributed by atoms with E-state index >= 15 is 0 Å². The highest BCUT2D eigenvalue weighted by atomic mass is 16.5. The number of aliphatic imine (C=N–C) groups is 1. The predicted molar refractivity (Wildman–Crippen MR) is 149 cm³/mol. The lowest BCUT2D eigenvalue weighted by Crippen LogP contribution is -2.20. The molecule has 1 aliphatic heterocycles. The van der Waals surface area contributed by atoms with Crippen LogP contribution < -0.4 is 15.5 Å². The van der Waals surface area contributed by atoms with Gasteiger partial charge in [-0.3, -0.25) is 9.98 Å². The van der Waals surface area contributed by atoms with Gasteiger partial charge in [-0.2, -0.15) is 5.26 Å². The fourth-order valence-electron chi connectivity index (χ4n) is 3.41. The summed E-state index contributed by atoms with van der Waals surface area (Å²) >= 11 is 0. The second kappa shape index (κ2) is 17.0. The van der Waals surface area contributed by atoms with Crippen molar-refractivity contribution in [3.8, 4) is 6.07 Å². The van der Waals surface area contributed by atoms with E-state index in [0.29, 0.717) is 25.4 Å². The van der Waals surface area contributed by atoms with Crippen molar-refractivity contribution in [2.24, 2.45) is 4.99 Å². The molecule has 1 aliphatic rings. The van der Waals surface area contributed by atoms with Crippen LogP contribution in [0.2, 0.25) is 0 Å². The Hall–Kier alpha value is -3.54. The Kier molecular flexibility index (Phi) is 13.5. The lowest BCUT2D eigenvalue weighted by atomic mass is 10.1. The van der Waals surface area contributed by atoms with E-state index in [0.717, 1.165) is 67.2 Å². The SMILES string of the molecule is C=CCC.COCCNCc1ccc(NC/N=C\C=C(/C)c2cnc(N3CCCC3)c(C#N)c2)cn1. The van der Waals surface area contributed by atoms with Crippen molar-refractivity contribution in [3.05, 3.63) is 66.1 Å². The van der Waals surface area contributed by atoms with Crippen LogP contribution >= 0.6 is 0 Å². The van der Waals surface area contributed by atoms with Crippen molar-refractivity contribution in [3.63, 3.8) is 0 Å². The lowest BCUT2D eigenvalue weighted by Gasteiger charge is -2.18. The number of hydrogen-bond donors (Lipinski definition) is 2. The van der Waals surface area contributed by atoms with Crippen LogP contribution in [-0.2, 0) is 11.3 Å². The molecule has 0 radical (unpaired) electrons. The van der Waals surface area contributed by atoms with Crippen LogP contribution in [0.15, 0.2) is 54.3 Å². The molecule has 0 saturated carbocycles. The van der Waals surface area contributed by atoms with Gasteiger partial charge in [-0.25, -0.2) is 4.98 Å². The van der Waals surface area contributed by atoms with Gasteiger partial charge in [-0.05, 0) is 61.6 Å². The van der Waals surface area contributed by atoms with Gasteiger partial charge in [0.1, 0.15) is 18.6 Å². The van der Waals surface area contributed by atoms with Gasteiger partial charge >= 0.3 is 0 Å². The normalized spacial score (nSPS) is 13.3. The molecule has 8 heteroatoms. The van der Waals surface area contributed by atoms with Crippen molar-refractivity contribution in [1.82, 2.24) is 15.3 Å². The number of hydrogen-bond acceptors (Lipinski definition) is 8. The quantitative estimate of drug-likeness (QED) is 0.251. The molecule has 0 aliphatic carbocycles. The third-order valence-electron chi connectivity index (χ3n) is 5.55. The molecule has 0 bridgehead atoms. The number of nitrogens with one attached hydrogen (secondary N) is 2. The van der Waals surface area contributed by atoms with Crippen LogP contribution in [0.25, 0.3) is 5.57 Å². The van der Waals surface area contributed by atoms with E-state index < -0.39 is 0 Å². The minimum absolute atomic E-state index is 0.451. The van der Waals surface area contributed by atoms with Crippen LogP contribution in [0.1, 0.15) is 49.9 Å². The number of nitriles is 1. The summed E-state index contributed by atoms with van der Waals surface area (Å²) in [6, 6.07) is 8.19. The molecule has 3 heterocycles. The van der Waals surface area contributed by atoms with Gasteiger partial charge in [-0.1, -0.05) is 13.0 Å². The summed E-state index contributed by atoms with van der Waals surface area (Å²) in [5.74, 6) is 0.796. The summed E-state index contributed by atoms with van der Waals surface area (Å²) < 4.78 is 5.01. The molecular weight excluding hydrogens is 450 g/mol. The van der Waals surface area contributed by atoms with Gasteiger partial charge in [0.05, 0.1) is 29.7 Å². The number of nitrogens with zero attached hydrogens (tertiary/aromatic N) is 5. The van der Waals surface area contributed by atoms with Crippen LogP contribution in [0.5, 0.6) is 0 Å². The first kappa shape index (κ1) is 28.7. The van der Waals surface area contributed by atoms with Crippen molar-refractivity contribution >= 4 is 23.3 Å². The number of ether oxygens (including phenoxy) is 1. The van der Waals surface area contributed by atoms with Gasteiger partial charge in [-0.15, -0.1) is 6.58 Å². The Morgan fingerprint density at radius 3 is 2.69 bits per heavy atom. The summed E-state index contributed by atoms with van der Waals surface area (Å²) in [6.07, 6.45) is 12.6. The molecule has 1 saturated heterocycles. The highest BCUT2D eigenvalue weighted by molar-refractivity contribution is 5.84. The van der Waals surface area contributed by atoms with E-state index in [9.17, 15) is 5.26 Å². The highest BCUT2D eigenvalue weighted by Crippen LogP contribution is 2.24. The maximum atomic E-state index is 9.54. The molecule has 8 nitrogen and oxygen atoms in total. The van der Waals surface area contributed by atoms with Gasteiger partial charge in [0.25, 0.3) is 0 Å². The standard InChI is InChI=1S/C24H31N7O.C4H8/c1-19(21-13-20(14-25)24(29-15-21)31-10-3-4-11-31)7-8-27-18-30-23-6-5-22(28-17-23)16-26-9-12-32-2;1-3-4-2/h5-8,13,15,17,26,30H,3-4,9-12,16,18H2,1-2H3;3H,1,4H2,2H3/b19-7+,27-8-;. The van der Waals surface area contributed by atoms with E-state index in [-0.39, 0.29) is 0 Å². The molecule has 1 fully saturated rings. The second-order valence-corrected chi connectivity index (χ2v) is 8.32. The van der Waals surface area contributed by atoms with Crippen molar-refractivity contribution in [2.45, 2.75) is 39.7 Å². The summed E-state index contributed by atoms with van der Waals surface area (Å²) in [6.45, 7) is 12.1. The summed E-state index contributed by atoms with van der Waals surface area (Å²) in [7, 11) is 1.69. The van der Waals surface area contributed by atoms with Gasteiger partial charge in [0, 0.05) is 45.7 Å². The third-order valence-corrected chi connectivity index (χ3v) is 5.55.